The number of carbonyl (C=O) groups excluding carboxylic acids is 1. The van der Waals surface area contributed by atoms with Crippen molar-refractivity contribution >= 4 is 16.8 Å². The summed E-state index contributed by atoms with van der Waals surface area (Å²) in [6.07, 6.45) is 1.55. The Labute approximate surface area is 183 Å². The van der Waals surface area contributed by atoms with E-state index in [9.17, 15) is 13.6 Å². The molecule has 32 heavy (non-hydrogen) atoms. The number of benzene rings is 3. The molecular formula is C25H20F2N2O3. The van der Waals surface area contributed by atoms with Crippen LogP contribution in [0.5, 0.6) is 11.5 Å². The molecule has 1 N–H and O–H groups in total. The van der Waals surface area contributed by atoms with E-state index < -0.39 is 11.6 Å². The van der Waals surface area contributed by atoms with Crippen molar-refractivity contribution in [2.24, 2.45) is 0 Å². The van der Waals surface area contributed by atoms with Crippen LogP contribution in [0.3, 0.4) is 0 Å². The van der Waals surface area contributed by atoms with Crippen molar-refractivity contribution < 1.29 is 23.0 Å². The number of halogens is 2. The molecule has 2 heterocycles. The zero-order valence-electron chi connectivity index (χ0n) is 17.1. The summed E-state index contributed by atoms with van der Waals surface area (Å²) in [7, 11) is 0. The van der Waals surface area contributed by atoms with Gasteiger partial charge in [0.2, 0.25) is 0 Å². The van der Waals surface area contributed by atoms with Gasteiger partial charge in [-0.3, -0.25) is 4.79 Å². The van der Waals surface area contributed by atoms with E-state index in [0.29, 0.717) is 35.8 Å². The maximum Gasteiger partial charge on any atom is 0.251 e. The summed E-state index contributed by atoms with van der Waals surface area (Å²) < 4.78 is 40.6. The Morgan fingerprint density at radius 3 is 2.72 bits per heavy atom. The van der Waals surface area contributed by atoms with Crippen LogP contribution >= 0.6 is 0 Å². The highest BCUT2D eigenvalue weighted by molar-refractivity contribution is 5.98. The Hall–Kier alpha value is -3.87. The predicted molar refractivity (Wildman–Crippen MR) is 116 cm³/mol. The molecule has 5 rings (SSSR count). The molecule has 0 bridgehead atoms. The van der Waals surface area contributed by atoms with E-state index in [-0.39, 0.29) is 18.6 Å². The molecule has 162 valence electrons. The zero-order valence-corrected chi connectivity index (χ0v) is 17.1. The topological polar surface area (TPSA) is 52.5 Å². The lowest BCUT2D eigenvalue weighted by molar-refractivity contribution is 0.0789. The number of hydrogen-bond donors (Lipinski definition) is 1. The molecule has 0 aliphatic carbocycles. The third-order valence-corrected chi connectivity index (χ3v) is 5.45. The van der Waals surface area contributed by atoms with E-state index in [1.807, 2.05) is 47.2 Å². The number of para-hydroxylation sites is 2. The number of aromatic nitrogens is 1. The minimum atomic E-state index is -0.603. The molecule has 1 amide bonds. The second-order valence-corrected chi connectivity index (χ2v) is 7.66. The fourth-order valence-corrected chi connectivity index (χ4v) is 3.78. The highest BCUT2D eigenvalue weighted by Gasteiger charge is 2.21. The minimum absolute atomic E-state index is 0.216. The zero-order chi connectivity index (χ0) is 22.1. The average Bonchev–Trinajstić information content (AvgIpc) is 3.21. The Balaban J connectivity index is 1.25. The maximum absolute atomic E-state index is 14.0. The molecule has 0 spiro atoms. The van der Waals surface area contributed by atoms with E-state index >= 15 is 0 Å². The summed E-state index contributed by atoms with van der Waals surface area (Å²) >= 11 is 0. The molecular weight excluding hydrogens is 414 g/mol. The molecule has 4 aromatic rings. The van der Waals surface area contributed by atoms with Crippen LogP contribution in [-0.4, -0.2) is 29.7 Å². The van der Waals surface area contributed by atoms with Gasteiger partial charge in [0, 0.05) is 34.3 Å². The number of fused-ring (bicyclic) bond motifs is 2. The lowest BCUT2D eigenvalue weighted by Gasteiger charge is -2.26. The first-order valence-corrected chi connectivity index (χ1v) is 10.3. The molecule has 0 radical (unpaired) electrons. The van der Waals surface area contributed by atoms with Gasteiger partial charge in [-0.25, -0.2) is 8.78 Å². The number of nitrogens with one attached hydrogen (secondary N) is 1. The predicted octanol–water partition coefficient (Wildman–Crippen LogP) is 4.54. The first kappa shape index (κ1) is 20.1. The van der Waals surface area contributed by atoms with Crippen molar-refractivity contribution in [3.8, 4) is 11.5 Å². The number of rotatable bonds is 5. The van der Waals surface area contributed by atoms with E-state index in [1.165, 1.54) is 12.1 Å². The quantitative estimate of drug-likeness (QED) is 0.502. The van der Waals surface area contributed by atoms with Gasteiger partial charge in [0.15, 0.2) is 11.5 Å². The summed E-state index contributed by atoms with van der Waals surface area (Å²) in [5.41, 5.74) is 1.76. The summed E-state index contributed by atoms with van der Waals surface area (Å²) in [6, 6.07) is 18.2. The third-order valence-electron chi connectivity index (χ3n) is 5.45. The highest BCUT2D eigenvalue weighted by atomic mass is 19.1. The Kier molecular flexibility index (Phi) is 5.23. The largest absolute Gasteiger partial charge is 0.486 e. The third kappa shape index (κ3) is 4.01. The molecule has 0 fully saturated rings. The summed E-state index contributed by atoms with van der Waals surface area (Å²) in [4.78, 5) is 12.7. The number of ether oxygens (including phenoxy) is 2. The van der Waals surface area contributed by atoms with Gasteiger partial charge in [-0.15, -0.1) is 0 Å². The van der Waals surface area contributed by atoms with Crippen molar-refractivity contribution in [2.75, 3.05) is 13.2 Å². The van der Waals surface area contributed by atoms with Gasteiger partial charge in [0.25, 0.3) is 5.91 Å². The van der Waals surface area contributed by atoms with Crippen molar-refractivity contribution in [3.63, 3.8) is 0 Å². The Morgan fingerprint density at radius 1 is 1.03 bits per heavy atom. The molecule has 3 aromatic carbocycles. The van der Waals surface area contributed by atoms with Crippen LogP contribution in [0.4, 0.5) is 8.78 Å². The van der Waals surface area contributed by atoms with Crippen LogP contribution in [0.2, 0.25) is 0 Å². The molecule has 1 atom stereocenters. The van der Waals surface area contributed by atoms with Crippen LogP contribution in [0.1, 0.15) is 15.9 Å². The molecule has 1 aliphatic rings. The second kappa shape index (κ2) is 8.34. The van der Waals surface area contributed by atoms with Crippen molar-refractivity contribution in [2.45, 2.75) is 12.6 Å². The monoisotopic (exact) mass is 434 g/mol. The molecule has 1 aromatic heterocycles. The van der Waals surface area contributed by atoms with Gasteiger partial charge in [-0.05, 0) is 42.5 Å². The van der Waals surface area contributed by atoms with Gasteiger partial charge < -0.3 is 19.4 Å². The van der Waals surface area contributed by atoms with Gasteiger partial charge in [0.05, 0.1) is 13.1 Å². The smallest absolute Gasteiger partial charge is 0.251 e. The first-order valence-electron chi connectivity index (χ1n) is 10.3. The van der Waals surface area contributed by atoms with Crippen molar-refractivity contribution in [1.29, 1.82) is 0 Å². The normalized spacial score (nSPS) is 15.0. The molecule has 7 heteroatoms. The number of nitrogens with zero attached hydrogens (tertiary/aromatic N) is 1. The minimum Gasteiger partial charge on any atom is -0.486 e. The van der Waals surface area contributed by atoms with Crippen LogP contribution in [0.15, 0.2) is 72.9 Å². The fourth-order valence-electron chi connectivity index (χ4n) is 3.78. The summed E-state index contributed by atoms with van der Waals surface area (Å²) in [6.45, 7) is 0.941. The van der Waals surface area contributed by atoms with Gasteiger partial charge in [-0.1, -0.05) is 18.2 Å². The highest BCUT2D eigenvalue weighted by Crippen LogP contribution is 2.30. The fraction of sp³-hybridized carbons (Fsp3) is 0.160. The van der Waals surface area contributed by atoms with Gasteiger partial charge in [0.1, 0.15) is 24.3 Å². The van der Waals surface area contributed by atoms with E-state index in [4.69, 9.17) is 9.47 Å². The number of carbonyl (C=O) groups is 1. The van der Waals surface area contributed by atoms with Crippen LogP contribution in [0.25, 0.3) is 10.9 Å². The van der Waals surface area contributed by atoms with E-state index in [2.05, 4.69) is 5.32 Å². The van der Waals surface area contributed by atoms with Gasteiger partial charge in [-0.2, -0.15) is 0 Å². The molecule has 0 saturated carbocycles. The second-order valence-electron chi connectivity index (χ2n) is 7.66. The lowest BCUT2D eigenvalue weighted by atomic mass is 10.1. The summed E-state index contributed by atoms with van der Waals surface area (Å²) in [5.74, 6) is -0.0383. The first-order chi connectivity index (χ1) is 15.6. The van der Waals surface area contributed by atoms with Crippen LogP contribution in [-0.2, 0) is 6.54 Å². The Bertz CT molecular complexity index is 1300. The van der Waals surface area contributed by atoms with E-state index in [0.717, 1.165) is 17.0 Å². The lowest BCUT2D eigenvalue weighted by Crippen LogP contribution is -2.40. The number of hydrogen-bond acceptors (Lipinski definition) is 3. The van der Waals surface area contributed by atoms with Crippen LogP contribution in [0, 0.1) is 11.6 Å². The standard InChI is InChI=1S/C25H20F2N2O3/c26-19-7-5-18(21(27)12-19)14-29-10-9-16-11-17(6-8-22(16)29)25(30)28-13-20-15-31-23-3-1-2-4-24(23)32-20/h1-12,20H,13-15H2,(H,28,30). The van der Waals surface area contributed by atoms with Crippen molar-refractivity contribution in [3.05, 3.63) is 95.7 Å². The average molecular weight is 434 g/mol. The van der Waals surface area contributed by atoms with Gasteiger partial charge >= 0.3 is 0 Å². The van der Waals surface area contributed by atoms with Crippen molar-refractivity contribution in [1.82, 2.24) is 9.88 Å². The van der Waals surface area contributed by atoms with Crippen LogP contribution < -0.4 is 14.8 Å². The summed E-state index contributed by atoms with van der Waals surface area (Å²) in [5, 5.41) is 3.74. The SMILES string of the molecule is O=C(NCC1COc2ccccc2O1)c1ccc2c(ccn2Cc2ccc(F)cc2F)c1. The molecule has 1 unspecified atom stereocenters. The number of amides is 1. The van der Waals surface area contributed by atoms with E-state index in [1.54, 1.807) is 12.1 Å². The molecule has 1 aliphatic heterocycles. The molecule has 5 nitrogen and oxygen atoms in total. The maximum atomic E-state index is 14.0. The Morgan fingerprint density at radius 2 is 1.88 bits per heavy atom. The molecule has 0 saturated heterocycles.